The van der Waals surface area contributed by atoms with Gasteiger partial charge < -0.3 is 20.1 Å². The summed E-state index contributed by atoms with van der Waals surface area (Å²) in [4.78, 5) is 4.08. The number of alkyl halides is 3. The fourth-order valence-corrected chi connectivity index (χ4v) is 2.64. The lowest BCUT2D eigenvalue weighted by atomic mass is 10.1. The summed E-state index contributed by atoms with van der Waals surface area (Å²) in [6.45, 7) is 3.11. The fourth-order valence-electron chi connectivity index (χ4n) is 2.64. The fraction of sp³-hybridized carbons (Fsp3) is 0.611. The maximum atomic E-state index is 12.7. The molecule has 0 atom stereocenters. The van der Waals surface area contributed by atoms with Gasteiger partial charge in [0.2, 0.25) is 0 Å². The molecule has 0 bridgehead atoms. The second-order valence-electron chi connectivity index (χ2n) is 6.09. The van der Waals surface area contributed by atoms with E-state index in [1.807, 2.05) is 0 Å². The highest BCUT2D eigenvalue weighted by Crippen LogP contribution is 2.29. The normalized spacial score (nSPS) is 16.5. The number of aliphatic imine (C=N–C) groups is 1. The molecule has 1 aromatic carbocycles. The van der Waals surface area contributed by atoms with Crippen molar-refractivity contribution in [1.82, 2.24) is 10.6 Å². The van der Waals surface area contributed by atoms with Crippen molar-refractivity contribution in [2.24, 2.45) is 4.99 Å². The first-order chi connectivity index (χ1) is 12.5. The molecule has 1 aliphatic heterocycles. The van der Waals surface area contributed by atoms with Crippen molar-refractivity contribution in [3.8, 4) is 0 Å². The van der Waals surface area contributed by atoms with E-state index in [0.717, 1.165) is 44.6 Å². The standard InChI is InChI=1S/C18H26F3N3O2/c1-22-17(23-8-3-9-26-16-6-10-25-11-7-16)24-13-14-4-2-5-15(12-14)18(19,20)21/h2,4-5,12,16H,3,6-11,13H2,1H3,(H2,22,23,24). The van der Waals surface area contributed by atoms with Gasteiger partial charge in [-0.15, -0.1) is 0 Å². The number of guanidine groups is 1. The quantitative estimate of drug-likeness (QED) is 0.438. The third-order valence-electron chi connectivity index (χ3n) is 4.07. The SMILES string of the molecule is CN=C(NCCCOC1CCOCC1)NCc1cccc(C(F)(F)F)c1. The van der Waals surface area contributed by atoms with Crippen LogP contribution in [0.2, 0.25) is 0 Å². The van der Waals surface area contributed by atoms with Crippen LogP contribution in [0.4, 0.5) is 13.2 Å². The molecule has 0 aromatic heterocycles. The van der Waals surface area contributed by atoms with Crippen LogP contribution >= 0.6 is 0 Å². The van der Waals surface area contributed by atoms with Crippen LogP contribution in [0.5, 0.6) is 0 Å². The molecule has 5 nitrogen and oxygen atoms in total. The first kappa shape index (κ1) is 20.5. The highest BCUT2D eigenvalue weighted by atomic mass is 19.4. The van der Waals surface area contributed by atoms with Crippen LogP contribution in [-0.2, 0) is 22.2 Å². The number of halogens is 3. The van der Waals surface area contributed by atoms with Crippen molar-refractivity contribution < 1.29 is 22.6 Å². The third kappa shape index (κ3) is 7.21. The largest absolute Gasteiger partial charge is 0.416 e. The third-order valence-corrected chi connectivity index (χ3v) is 4.07. The first-order valence-corrected chi connectivity index (χ1v) is 8.79. The Morgan fingerprint density at radius 2 is 2.04 bits per heavy atom. The number of rotatable bonds is 7. The van der Waals surface area contributed by atoms with Gasteiger partial charge in [-0.2, -0.15) is 13.2 Å². The Bertz CT molecular complexity index is 573. The Labute approximate surface area is 152 Å². The van der Waals surface area contributed by atoms with E-state index in [0.29, 0.717) is 24.7 Å². The Morgan fingerprint density at radius 3 is 2.73 bits per heavy atom. The maximum Gasteiger partial charge on any atom is 0.416 e. The van der Waals surface area contributed by atoms with E-state index in [1.54, 1.807) is 13.1 Å². The molecular formula is C18H26F3N3O2. The summed E-state index contributed by atoms with van der Waals surface area (Å²) in [7, 11) is 1.62. The number of hydrogen-bond acceptors (Lipinski definition) is 3. The van der Waals surface area contributed by atoms with E-state index in [-0.39, 0.29) is 12.6 Å². The number of nitrogens with zero attached hydrogens (tertiary/aromatic N) is 1. The van der Waals surface area contributed by atoms with Crippen LogP contribution < -0.4 is 10.6 Å². The lowest BCUT2D eigenvalue weighted by Crippen LogP contribution is -2.37. The molecule has 0 radical (unpaired) electrons. The van der Waals surface area contributed by atoms with Crippen molar-refractivity contribution in [3.63, 3.8) is 0 Å². The van der Waals surface area contributed by atoms with Crippen molar-refractivity contribution >= 4 is 5.96 Å². The predicted octanol–water partition coefficient (Wildman–Crippen LogP) is 2.96. The summed E-state index contributed by atoms with van der Waals surface area (Å²) >= 11 is 0. The lowest BCUT2D eigenvalue weighted by Gasteiger charge is -2.22. The van der Waals surface area contributed by atoms with Gasteiger partial charge in [0.05, 0.1) is 11.7 Å². The summed E-state index contributed by atoms with van der Waals surface area (Å²) in [5, 5.41) is 6.15. The Kier molecular flexibility index (Phi) is 8.18. The summed E-state index contributed by atoms with van der Waals surface area (Å²) in [6.07, 6.45) is -1.36. The molecule has 2 rings (SSSR count). The zero-order valence-corrected chi connectivity index (χ0v) is 14.9. The van der Waals surface area contributed by atoms with Crippen molar-refractivity contribution in [3.05, 3.63) is 35.4 Å². The average Bonchev–Trinajstić information content (AvgIpc) is 2.64. The van der Waals surface area contributed by atoms with Gasteiger partial charge in [0.15, 0.2) is 5.96 Å². The topological polar surface area (TPSA) is 54.9 Å². The molecule has 26 heavy (non-hydrogen) atoms. The minimum atomic E-state index is -4.33. The van der Waals surface area contributed by atoms with Gasteiger partial charge in [-0.3, -0.25) is 4.99 Å². The molecule has 1 aliphatic rings. The molecule has 1 heterocycles. The molecule has 0 unspecified atom stereocenters. The van der Waals surface area contributed by atoms with E-state index in [9.17, 15) is 13.2 Å². The molecule has 8 heteroatoms. The minimum Gasteiger partial charge on any atom is -0.381 e. The maximum absolute atomic E-state index is 12.7. The Morgan fingerprint density at radius 1 is 1.27 bits per heavy atom. The summed E-state index contributed by atoms with van der Waals surface area (Å²) < 4.78 is 49.3. The second-order valence-corrected chi connectivity index (χ2v) is 6.09. The molecule has 0 saturated carbocycles. The van der Waals surface area contributed by atoms with Gasteiger partial charge in [-0.25, -0.2) is 0 Å². The van der Waals surface area contributed by atoms with Gasteiger partial charge in [0.25, 0.3) is 0 Å². The molecule has 1 fully saturated rings. The Hall–Kier alpha value is -1.80. The highest BCUT2D eigenvalue weighted by Gasteiger charge is 2.30. The van der Waals surface area contributed by atoms with Crippen LogP contribution in [0.25, 0.3) is 0 Å². The van der Waals surface area contributed by atoms with Crippen molar-refractivity contribution in [1.29, 1.82) is 0 Å². The van der Waals surface area contributed by atoms with Gasteiger partial charge in [-0.1, -0.05) is 12.1 Å². The van der Waals surface area contributed by atoms with Crippen molar-refractivity contribution in [2.45, 2.75) is 38.1 Å². The molecule has 146 valence electrons. The summed E-state index contributed by atoms with van der Waals surface area (Å²) in [5.74, 6) is 0.550. The zero-order valence-electron chi connectivity index (χ0n) is 14.9. The van der Waals surface area contributed by atoms with E-state index in [4.69, 9.17) is 9.47 Å². The number of nitrogens with one attached hydrogen (secondary N) is 2. The molecule has 1 saturated heterocycles. The highest BCUT2D eigenvalue weighted by molar-refractivity contribution is 5.79. The summed E-state index contributed by atoms with van der Waals surface area (Å²) in [5.41, 5.74) is -0.101. The molecule has 0 spiro atoms. The zero-order chi connectivity index (χ0) is 18.8. The van der Waals surface area contributed by atoms with Crippen LogP contribution in [-0.4, -0.2) is 45.5 Å². The number of ether oxygens (including phenoxy) is 2. The average molecular weight is 373 g/mol. The van der Waals surface area contributed by atoms with Gasteiger partial charge >= 0.3 is 6.18 Å². The molecule has 1 aromatic rings. The molecule has 2 N–H and O–H groups in total. The van der Waals surface area contributed by atoms with Crippen LogP contribution in [0.1, 0.15) is 30.4 Å². The van der Waals surface area contributed by atoms with Gasteiger partial charge in [-0.05, 0) is 37.0 Å². The van der Waals surface area contributed by atoms with Gasteiger partial charge in [0, 0.05) is 40.0 Å². The molecule has 0 aliphatic carbocycles. The van der Waals surface area contributed by atoms with E-state index in [2.05, 4.69) is 15.6 Å². The van der Waals surface area contributed by atoms with E-state index < -0.39 is 11.7 Å². The number of hydrogen-bond donors (Lipinski definition) is 2. The van der Waals surface area contributed by atoms with Crippen molar-refractivity contribution in [2.75, 3.05) is 33.4 Å². The van der Waals surface area contributed by atoms with Gasteiger partial charge in [0.1, 0.15) is 0 Å². The minimum absolute atomic E-state index is 0.266. The second kappa shape index (κ2) is 10.4. The smallest absolute Gasteiger partial charge is 0.381 e. The Balaban J connectivity index is 1.66. The predicted molar refractivity (Wildman–Crippen MR) is 94.1 cm³/mol. The molecular weight excluding hydrogens is 347 g/mol. The van der Waals surface area contributed by atoms with Crippen LogP contribution in [0.15, 0.2) is 29.3 Å². The van der Waals surface area contributed by atoms with E-state index >= 15 is 0 Å². The first-order valence-electron chi connectivity index (χ1n) is 8.79. The van der Waals surface area contributed by atoms with E-state index in [1.165, 1.54) is 6.07 Å². The van der Waals surface area contributed by atoms with Crippen LogP contribution in [0, 0.1) is 0 Å². The molecule has 0 amide bonds. The number of benzene rings is 1. The lowest BCUT2D eigenvalue weighted by molar-refractivity contribution is -0.137. The van der Waals surface area contributed by atoms with Crippen LogP contribution in [0.3, 0.4) is 0 Å². The summed E-state index contributed by atoms with van der Waals surface area (Å²) in [6, 6.07) is 5.26. The monoisotopic (exact) mass is 373 g/mol.